The van der Waals surface area contributed by atoms with E-state index in [2.05, 4.69) is 21.2 Å². The number of rotatable bonds is 8. The maximum atomic E-state index is 13.2. The number of amides is 3. The van der Waals surface area contributed by atoms with E-state index < -0.39 is 0 Å². The molecule has 1 fully saturated rings. The van der Waals surface area contributed by atoms with E-state index in [1.807, 2.05) is 60.7 Å². The zero-order chi connectivity index (χ0) is 27.4. The number of hydrogen-bond acceptors (Lipinski definition) is 6. The molecule has 1 aliphatic rings. The zero-order valence-electron chi connectivity index (χ0n) is 20.8. The Morgan fingerprint density at radius 3 is 2.54 bits per heavy atom. The lowest BCUT2D eigenvalue weighted by atomic mass is 10.0. The van der Waals surface area contributed by atoms with E-state index in [0.717, 1.165) is 28.1 Å². The maximum Gasteiger partial charge on any atom is 0.293 e. The van der Waals surface area contributed by atoms with Gasteiger partial charge in [-0.15, -0.1) is 0 Å². The minimum absolute atomic E-state index is 0.189. The lowest BCUT2D eigenvalue weighted by Crippen LogP contribution is -2.27. The van der Waals surface area contributed by atoms with Crippen molar-refractivity contribution in [3.8, 4) is 11.5 Å². The SMILES string of the molecule is COc1cc(/C=C2/SC(=O)N(Cc3cccc4ccccc34)C2=O)cc(Br)c1OCC(=O)Nc1ccccc1. The van der Waals surface area contributed by atoms with Crippen LogP contribution in [0.5, 0.6) is 11.5 Å². The molecule has 0 saturated carbocycles. The molecule has 4 aromatic rings. The van der Waals surface area contributed by atoms with Crippen molar-refractivity contribution in [3.05, 3.63) is 105 Å². The maximum absolute atomic E-state index is 13.2. The first kappa shape index (κ1) is 26.5. The Balaban J connectivity index is 1.31. The van der Waals surface area contributed by atoms with Crippen molar-refractivity contribution in [2.45, 2.75) is 6.54 Å². The van der Waals surface area contributed by atoms with Crippen LogP contribution in [0.25, 0.3) is 16.8 Å². The van der Waals surface area contributed by atoms with Crippen molar-refractivity contribution in [1.29, 1.82) is 0 Å². The fourth-order valence-corrected chi connectivity index (χ4v) is 5.62. The predicted octanol–water partition coefficient (Wildman–Crippen LogP) is 6.86. The topological polar surface area (TPSA) is 84.9 Å². The summed E-state index contributed by atoms with van der Waals surface area (Å²) in [5.41, 5.74) is 2.20. The first-order valence-electron chi connectivity index (χ1n) is 12.0. The van der Waals surface area contributed by atoms with Gasteiger partial charge >= 0.3 is 0 Å². The summed E-state index contributed by atoms with van der Waals surface area (Å²) in [4.78, 5) is 39.9. The number of carbonyl (C=O) groups excluding carboxylic acids is 3. The minimum atomic E-state index is -0.356. The van der Waals surface area contributed by atoms with Gasteiger partial charge in [0, 0.05) is 5.69 Å². The van der Waals surface area contributed by atoms with Crippen molar-refractivity contribution >= 4 is 67.3 Å². The zero-order valence-corrected chi connectivity index (χ0v) is 23.3. The standard InChI is InChI=1S/C30H23BrN2O5S/c1-37-25-15-19(14-24(31)28(25)38-18-27(34)32-22-11-3-2-4-12-22)16-26-29(35)33(30(36)39-26)17-21-10-7-9-20-8-5-6-13-23(20)21/h2-16H,17-18H2,1H3,(H,32,34)/b26-16+. The van der Waals surface area contributed by atoms with E-state index in [-0.39, 0.29) is 30.2 Å². The van der Waals surface area contributed by atoms with Gasteiger partial charge in [0.2, 0.25) is 0 Å². The van der Waals surface area contributed by atoms with Crippen LogP contribution in [0.1, 0.15) is 11.1 Å². The van der Waals surface area contributed by atoms with E-state index in [0.29, 0.717) is 32.1 Å². The number of thioether (sulfide) groups is 1. The van der Waals surface area contributed by atoms with Crippen LogP contribution in [0.3, 0.4) is 0 Å². The lowest BCUT2D eigenvalue weighted by Gasteiger charge is -2.14. The summed E-state index contributed by atoms with van der Waals surface area (Å²) in [6.45, 7) is -0.0372. The van der Waals surface area contributed by atoms with E-state index in [4.69, 9.17) is 9.47 Å². The lowest BCUT2D eigenvalue weighted by molar-refractivity contribution is -0.123. The smallest absolute Gasteiger partial charge is 0.293 e. The molecule has 9 heteroatoms. The summed E-state index contributed by atoms with van der Waals surface area (Å²) < 4.78 is 11.8. The van der Waals surface area contributed by atoms with Crippen LogP contribution in [0, 0.1) is 0 Å². The molecule has 0 aromatic heterocycles. The molecule has 0 spiro atoms. The predicted molar refractivity (Wildman–Crippen MR) is 157 cm³/mol. The molecule has 5 rings (SSSR count). The largest absolute Gasteiger partial charge is 0.493 e. The van der Waals surface area contributed by atoms with Gasteiger partial charge in [0.1, 0.15) is 0 Å². The highest BCUT2D eigenvalue weighted by Gasteiger charge is 2.35. The molecule has 1 aliphatic heterocycles. The van der Waals surface area contributed by atoms with Crippen LogP contribution in [0.15, 0.2) is 94.3 Å². The van der Waals surface area contributed by atoms with Crippen molar-refractivity contribution in [3.63, 3.8) is 0 Å². The molecule has 0 radical (unpaired) electrons. The third-order valence-corrected chi connectivity index (χ3v) is 7.53. The third-order valence-electron chi connectivity index (χ3n) is 6.04. The molecule has 1 N–H and O–H groups in total. The van der Waals surface area contributed by atoms with Gasteiger partial charge in [0.05, 0.1) is 23.0 Å². The van der Waals surface area contributed by atoms with Crippen molar-refractivity contribution in [1.82, 2.24) is 4.90 Å². The Kier molecular flexibility index (Phi) is 7.99. The second kappa shape index (κ2) is 11.8. The second-order valence-electron chi connectivity index (χ2n) is 8.64. The molecule has 0 bridgehead atoms. The molecule has 7 nitrogen and oxygen atoms in total. The number of para-hydroxylation sites is 1. The van der Waals surface area contributed by atoms with Crippen LogP contribution in [-0.2, 0) is 16.1 Å². The summed E-state index contributed by atoms with van der Waals surface area (Å²) in [7, 11) is 1.49. The number of anilines is 1. The number of benzene rings is 4. The molecule has 4 aromatic carbocycles. The van der Waals surface area contributed by atoms with Gasteiger partial charge in [-0.1, -0.05) is 60.7 Å². The van der Waals surface area contributed by atoms with Crippen molar-refractivity contribution in [2.75, 3.05) is 19.0 Å². The Morgan fingerprint density at radius 2 is 1.74 bits per heavy atom. The number of fused-ring (bicyclic) bond motifs is 1. The number of hydrogen-bond donors (Lipinski definition) is 1. The van der Waals surface area contributed by atoms with Gasteiger partial charge in [0.15, 0.2) is 18.1 Å². The monoisotopic (exact) mass is 602 g/mol. The fourth-order valence-electron chi connectivity index (χ4n) is 4.21. The highest BCUT2D eigenvalue weighted by Crippen LogP contribution is 2.39. The minimum Gasteiger partial charge on any atom is -0.493 e. The molecule has 0 aliphatic carbocycles. The van der Waals surface area contributed by atoms with E-state index in [9.17, 15) is 14.4 Å². The normalized spacial score (nSPS) is 14.2. The van der Waals surface area contributed by atoms with Crippen molar-refractivity contribution in [2.24, 2.45) is 0 Å². The van der Waals surface area contributed by atoms with Crippen LogP contribution in [0.4, 0.5) is 10.5 Å². The first-order chi connectivity index (χ1) is 18.9. The highest BCUT2D eigenvalue weighted by atomic mass is 79.9. The number of carbonyl (C=O) groups is 3. The Bertz CT molecular complexity index is 1600. The van der Waals surface area contributed by atoms with Crippen LogP contribution >= 0.6 is 27.7 Å². The number of nitrogens with zero attached hydrogens (tertiary/aromatic N) is 1. The van der Waals surface area contributed by atoms with Crippen molar-refractivity contribution < 1.29 is 23.9 Å². The second-order valence-corrected chi connectivity index (χ2v) is 10.5. The number of ether oxygens (including phenoxy) is 2. The Hall–Kier alpha value is -4.08. The van der Waals surface area contributed by atoms with E-state index in [1.165, 1.54) is 12.0 Å². The van der Waals surface area contributed by atoms with Crippen LogP contribution in [-0.4, -0.2) is 35.7 Å². The molecule has 39 heavy (non-hydrogen) atoms. The average Bonchev–Trinajstić information content (AvgIpc) is 3.20. The first-order valence-corrected chi connectivity index (χ1v) is 13.6. The summed E-state index contributed by atoms with van der Waals surface area (Å²) in [5.74, 6) is 0.0464. The van der Waals surface area contributed by atoms with E-state index >= 15 is 0 Å². The quantitative estimate of drug-likeness (QED) is 0.222. The molecule has 1 saturated heterocycles. The number of halogens is 1. The third kappa shape index (κ3) is 6.00. The Labute approximate surface area is 237 Å². The number of nitrogens with one attached hydrogen (secondary N) is 1. The van der Waals surface area contributed by atoms with Crippen LogP contribution in [0.2, 0.25) is 0 Å². The fraction of sp³-hybridized carbons (Fsp3) is 0.100. The summed E-state index contributed by atoms with van der Waals surface area (Å²) in [6, 6.07) is 26.2. The molecular weight excluding hydrogens is 580 g/mol. The molecule has 0 unspecified atom stereocenters. The summed E-state index contributed by atoms with van der Waals surface area (Å²) in [6.07, 6.45) is 1.65. The number of imide groups is 1. The molecule has 1 heterocycles. The van der Waals surface area contributed by atoms with Gasteiger partial charge < -0.3 is 14.8 Å². The molecule has 196 valence electrons. The van der Waals surface area contributed by atoms with Gasteiger partial charge in [-0.25, -0.2) is 0 Å². The van der Waals surface area contributed by atoms with Gasteiger partial charge in [-0.2, -0.15) is 0 Å². The van der Waals surface area contributed by atoms with Crippen LogP contribution < -0.4 is 14.8 Å². The summed E-state index contributed by atoms with van der Waals surface area (Å²) >= 11 is 4.37. The molecular formula is C30H23BrN2O5S. The summed E-state index contributed by atoms with van der Waals surface area (Å²) in [5, 5.41) is 4.49. The number of methoxy groups -OCH3 is 1. The van der Waals surface area contributed by atoms with E-state index in [1.54, 1.807) is 30.3 Å². The average molecular weight is 603 g/mol. The highest BCUT2D eigenvalue weighted by molar-refractivity contribution is 9.10. The van der Waals surface area contributed by atoms with Gasteiger partial charge in [0.25, 0.3) is 17.1 Å². The molecule has 0 atom stereocenters. The molecule has 3 amide bonds. The Morgan fingerprint density at radius 1 is 1.00 bits per heavy atom. The van der Waals surface area contributed by atoms with Gasteiger partial charge in [-0.05, 0) is 79.9 Å². The van der Waals surface area contributed by atoms with Gasteiger partial charge in [-0.3, -0.25) is 19.3 Å².